The van der Waals surface area contributed by atoms with Crippen molar-refractivity contribution in [1.82, 2.24) is 19.1 Å². The van der Waals surface area contributed by atoms with Crippen molar-refractivity contribution in [2.45, 2.75) is 5.16 Å². The minimum atomic E-state index is -0.977. The molecule has 8 nitrogen and oxygen atoms in total. The summed E-state index contributed by atoms with van der Waals surface area (Å²) in [5, 5.41) is 8.99. The van der Waals surface area contributed by atoms with Gasteiger partial charge in [0.1, 0.15) is 0 Å². The number of aromatic nitrogens is 4. The molecule has 2 aromatic rings. The molecule has 9 heteroatoms. The normalized spacial score (nSPS) is 11.0. The number of aryl methyl sites for hydroxylation is 2. The first-order valence-corrected chi connectivity index (χ1v) is 5.90. The molecule has 0 aliphatic rings. The lowest BCUT2D eigenvalue weighted by molar-refractivity contribution is -0.133. The fraction of sp³-hybridized carbons (Fsp3) is 0.333. The summed E-state index contributed by atoms with van der Waals surface area (Å²) in [6.07, 6.45) is 0. The molecule has 0 amide bonds. The maximum atomic E-state index is 11.7. The van der Waals surface area contributed by atoms with Crippen molar-refractivity contribution < 1.29 is 9.90 Å². The summed E-state index contributed by atoms with van der Waals surface area (Å²) in [4.78, 5) is 39.8. The largest absolute Gasteiger partial charge is 0.481 e. The van der Waals surface area contributed by atoms with Gasteiger partial charge in [-0.1, -0.05) is 11.8 Å². The molecule has 2 rings (SSSR count). The van der Waals surface area contributed by atoms with Gasteiger partial charge in [-0.05, 0) is 0 Å². The topological polar surface area (TPSA) is 110 Å². The molecule has 0 aliphatic heterocycles. The predicted molar refractivity (Wildman–Crippen MR) is 64.9 cm³/mol. The number of nitrogens with zero attached hydrogens (tertiary/aromatic N) is 3. The monoisotopic (exact) mass is 270 g/mol. The van der Waals surface area contributed by atoms with Crippen molar-refractivity contribution in [1.29, 1.82) is 0 Å². The molecule has 0 aromatic carbocycles. The van der Waals surface area contributed by atoms with Crippen LogP contribution < -0.4 is 11.2 Å². The number of imidazole rings is 1. The SMILES string of the molecule is Cn1c(SCC(=O)O)nc2c1c(=O)[nH]c(=O)n2C. The summed E-state index contributed by atoms with van der Waals surface area (Å²) in [5.74, 6) is -1.14. The summed E-state index contributed by atoms with van der Waals surface area (Å²) >= 11 is 0.988. The van der Waals surface area contributed by atoms with Crippen LogP contribution >= 0.6 is 11.8 Å². The number of nitrogens with one attached hydrogen (secondary N) is 1. The fourth-order valence-corrected chi connectivity index (χ4v) is 2.23. The number of thioether (sulfide) groups is 1. The zero-order valence-electron chi connectivity index (χ0n) is 9.63. The predicted octanol–water partition coefficient (Wildman–Crippen LogP) is -0.863. The molecule has 0 radical (unpaired) electrons. The average Bonchev–Trinajstić information content (AvgIpc) is 2.61. The Morgan fingerprint density at radius 1 is 1.39 bits per heavy atom. The van der Waals surface area contributed by atoms with Gasteiger partial charge in [0.05, 0.1) is 5.75 Å². The van der Waals surface area contributed by atoms with Gasteiger partial charge >= 0.3 is 11.7 Å². The molecule has 0 saturated carbocycles. The zero-order chi connectivity index (χ0) is 13.4. The van der Waals surface area contributed by atoms with E-state index in [0.717, 1.165) is 11.8 Å². The highest BCUT2D eigenvalue weighted by atomic mass is 32.2. The van der Waals surface area contributed by atoms with Crippen molar-refractivity contribution in [2.24, 2.45) is 14.1 Å². The van der Waals surface area contributed by atoms with Crippen LogP contribution in [0.25, 0.3) is 11.2 Å². The van der Waals surface area contributed by atoms with Crippen LogP contribution in [0.3, 0.4) is 0 Å². The van der Waals surface area contributed by atoms with E-state index in [9.17, 15) is 14.4 Å². The third-order valence-corrected chi connectivity index (χ3v) is 3.43. The van der Waals surface area contributed by atoms with Crippen LogP contribution in [0.4, 0.5) is 0 Å². The molecule has 18 heavy (non-hydrogen) atoms. The molecule has 0 saturated heterocycles. The van der Waals surface area contributed by atoms with Gasteiger partial charge in [-0.25, -0.2) is 9.78 Å². The van der Waals surface area contributed by atoms with E-state index in [1.165, 1.54) is 16.2 Å². The van der Waals surface area contributed by atoms with Gasteiger partial charge < -0.3 is 9.67 Å². The first-order chi connectivity index (χ1) is 8.41. The number of fused-ring (bicyclic) bond motifs is 1. The molecule has 0 spiro atoms. The summed E-state index contributed by atoms with van der Waals surface area (Å²) in [7, 11) is 3.08. The molecule has 2 heterocycles. The molecule has 0 fully saturated rings. The Balaban J connectivity index is 2.66. The van der Waals surface area contributed by atoms with E-state index in [4.69, 9.17) is 5.11 Å². The number of carbonyl (C=O) groups is 1. The van der Waals surface area contributed by atoms with E-state index < -0.39 is 17.2 Å². The highest BCUT2D eigenvalue weighted by Gasteiger charge is 2.15. The second kappa shape index (κ2) is 4.33. The van der Waals surface area contributed by atoms with Crippen LogP contribution in [0, 0.1) is 0 Å². The minimum absolute atomic E-state index is 0.164. The van der Waals surface area contributed by atoms with E-state index >= 15 is 0 Å². The Bertz CT molecular complexity index is 741. The Kier molecular flexibility index (Phi) is 2.99. The Labute approximate surface area is 104 Å². The van der Waals surface area contributed by atoms with E-state index in [0.29, 0.717) is 5.16 Å². The molecule has 0 unspecified atom stereocenters. The number of hydrogen-bond acceptors (Lipinski definition) is 5. The molecule has 0 aliphatic carbocycles. The van der Waals surface area contributed by atoms with Gasteiger partial charge in [-0.3, -0.25) is 19.1 Å². The molecule has 0 atom stereocenters. The van der Waals surface area contributed by atoms with E-state index in [1.54, 1.807) is 7.05 Å². The summed E-state index contributed by atoms with van der Waals surface area (Å²) in [6.45, 7) is 0. The lowest BCUT2D eigenvalue weighted by Crippen LogP contribution is -2.29. The number of carboxylic acid groups (broad SMARTS) is 1. The second-order valence-corrected chi connectivity index (χ2v) is 4.57. The number of rotatable bonds is 3. The summed E-state index contributed by atoms with van der Waals surface area (Å²) < 4.78 is 2.68. The third-order valence-electron chi connectivity index (χ3n) is 2.42. The van der Waals surface area contributed by atoms with Gasteiger partial charge in [0, 0.05) is 14.1 Å². The van der Waals surface area contributed by atoms with Gasteiger partial charge in [-0.2, -0.15) is 0 Å². The number of hydrogen-bond donors (Lipinski definition) is 2. The quantitative estimate of drug-likeness (QED) is 0.702. The number of aliphatic carboxylic acids is 1. The maximum absolute atomic E-state index is 11.7. The standard InChI is InChI=1S/C9H10N4O4S/c1-12-5-6(10-9(12)18-3-4(14)15)13(2)8(17)11-7(5)16/h3H2,1-2H3,(H,14,15)(H,11,16,17). The molecule has 2 N–H and O–H groups in total. The van der Waals surface area contributed by atoms with Crippen LogP contribution in [0.15, 0.2) is 14.7 Å². The van der Waals surface area contributed by atoms with E-state index in [-0.39, 0.29) is 16.9 Å². The summed E-state index contributed by atoms with van der Waals surface area (Å²) in [6, 6.07) is 0. The maximum Gasteiger partial charge on any atom is 0.329 e. The van der Waals surface area contributed by atoms with Crippen molar-refractivity contribution in [3.63, 3.8) is 0 Å². The molecular formula is C9H10N4O4S. The highest BCUT2D eigenvalue weighted by molar-refractivity contribution is 7.99. The smallest absolute Gasteiger partial charge is 0.329 e. The highest BCUT2D eigenvalue weighted by Crippen LogP contribution is 2.19. The van der Waals surface area contributed by atoms with Crippen molar-refractivity contribution in [2.75, 3.05) is 5.75 Å². The third kappa shape index (κ3) is 1.92. The molecule has 96 valence electrons. The molecule has 2 aromatic heterocycles. The van der Waals surface area contributed by atoms with Crippen LogP contribution in [0.5, 0.6) is 0 Å². The first kappa shape index (κ1) is 12.4. The average molecular weight is 270 g/mol. The minimum Gasteiger partial charge on any atom is -0.481 e. The van der Waals surface area contributed by atoms with Gasteiger partial charge in [0.15, 0.2) is 16.3 Å². The lowest BCUT2D eigenvalue weighted by atomic mass is 10.5. The van der Waals surface area contributed by atoms with Crippen LogP contribution in [-0.2, 0) is 18.9 Å². The van der Waals surface area contributed by atoms with E-state index in [1.807, 2.05) is 0 Å². The Morgan fingerprint density at radius 2 is 2.06 bits per heavy atom. The fourth-order valence-electron chi connectivity index (χ4n) is 1.54. The number of carboxylic acids is 1. The van der Waals surface area contributed by atoms with Gasteiger partial charge in [-0.15, -0.1) is 0 Å². The van der Waals surface area contributed by atoms with E-state index in [2.05, 4.69) is 9.97 Å². The van der Waals surface area contributed by atoms with Crippen molar-refractivity contribution >= 4 is 28.9 Å². The lowest BCUT2D eigenvalue weighted by Gasteiger charge is -1.99. The van der Waals surface area contributed by atoms with Crippen LogP contribution in [0.1, 0.15) is 0 Å². The van der Waals surface area contributed by atoms with Crippen molar-refractivity contribution in [3.8, 4) is 0 Å². The first-order valence-electron chi connectivity index (χ1n) is 4.92. The van der Waals surface area contributed by atoms with Gasteiger partial charge in [0.2, 0.25) is 0 Å². The van der Waals surface area contributed by atoms with Crippen molar-refractivity contribution in [3.05, 3.63) is 20.8 Å². The summed E-state index contributed by atoms with van der Waals surface area (Å²) in [5.41, 5.74) is -0.616. The zero-order valence-corrected chi connectivity index (χ0v) is 10.4. The number of aromatic amines is 1. The molecule has 0 bridgehead atoms. The Hall–Kier alpha value is -2.03. The number of H-pyrrole nitrogens is 1. The Morgan fingerprint density at radius 3 is 2.67 bits per heavy atom. The van der Waals surface area contributed by atoms with Crippen LogP contribution in [0.2, 0.25) is 0 Å². The molecular weight excluding hydrogens is 260 g/mol. The van der Waals surface area contributed by atoms with Gasteiger partial charge in [0.25, 0.3) is 5.56 Å². The second-order valence-electron chi connectivity index (χ2n) is 3.63. The van der Waals surface area contributed by atoms with Crippen LogP contribution in [-0.4, -0.2) is 35.9 Å².